The summed E-state index contributed by atoms with van der Waals surface area (Å²) in [5.41, 5.74) is 0.614. The second-order valence-electron chi connectivity index (χ2n) is 4.77. The maximum absolute atomic E-state index is 11.6. The van der Waals surface area contributed by atoms with E-state index in [-0.39, 0.29) is 30.7 Å². The van der Waals surface area contributed by atoms with E-state index < -0.39 is 6.10 Å². The normalized spacial score (nSPS) is 13.6. The van der Waals surface area contributed by atoms with E-state index in [1.165, 1.54) is 11.3 Å². The molecule has 0 aliphatic heterocycles. The van der Waals surface area contributed by atoms with Crippen molar-refractivity contribution in [2.24, 2.45) is 5.92 Å². The zero-order valence-electron chi connectivity index (χ0n) is 11.9. The lowest BCUT2D eigenvalue weighted by molar-refractivity contribution is -0.121. The first kappa shape index (κ1) is 16.7. The Labute approximate surface area is 123 Å². The fourth-order valence-corrected chi connectivity index (χ4v) is 2.20. The Hall–Kier alpha value is -1.40. The molecule has 0 aromatic carbocycles. The number of thiophene rings is 1. The van der Waals surface area contributed by atoms with E-state index >= 15 is 0 Å². The molecule has 1 aromatic heterocycles. The second kappa shape index (κ2) is 8.71. The highest BCUT2D eigenvalue weighted by Gasteiger charge is 2.13. The van der Waals surface area contributed by atoms with Gasteiger partial charge in [0.2, 0.25) is 5.91 Å². The average molecular weight is 298 g/mol. The van der Waals surface area contributed by atoms with Gasteiger partial charge in [0.25, 0.3) is 5.91 Å². The lowest BCUT2D eigenvalue weighted by Gasteiger charge is -2.17. The number of carbonyl (C=O) groups excluding carboxylic acids is 2. The fraction of sp³-hybridized carbons (Fsp3) is 0.571. The number of hydrogen-bond acceptors (Lipinski definition) is 4. The van der Waals surface area contributed by atoms with E-state index in [1.54, 1.807) is 11.4 Å². The molecule has 0 spiro atoms. The number of hydrogen-bond donors (Lipinski definition) is 3. The standard InChI is InChI=1S/C14H22N2O3S/c1-3-10(2)12(17)8-16-13(18)4-6-15-14(19)11-5-7-20-9-11/h5,7,9-10,12,17H,3-4,6,8H2,1-2H3,(H,15,19)(H,16,18). The van der Waals surface area contributed by atoms with Crippen LogP contribution in [-0.2, 0) is 4.79 Å². The molecule has 0 saturated heterocycles. The monoisotopic (exact) mass is 298 g/mol. The van der Waals surface area contributed by atoms with Gasteiger partial charge >= 0.3 is 0 Å². The Morgan fingerprint density at radius 2 is 2.15 bits per heavy atom. The van der Waals surface area contributed by atoms with Gasteiger partial charge in [0.1, 0.15) is 0 Å². The van der Waals surface area contributed by atoms with Gasteiger partial charge in [-0.1, -0.05) is 20.3 Å². The minimum Gasteiger partial charge on any atom is -0.391 e. The Bertz CT molecular complexity index is 420. The summed E-state index contributed by atoms with van der Waals surface area (Å²) in [7, 11) is 0. The number of rotatable bonds is 8. The van der Waals surface area contributed by atoms with E-state index in [1.807, 2.05) is 19.2 Å². The third-order valence-corrected chi connectivity index (χ3v) is 3.91. The molecule has 0 bridgehead atoms. The number of nitrogens with one attached hydrogen (secondary N) is 2. The summed E-state index contributed by atoms with van der Waals surface area (Å²) in [6, 6.07) is 1.74. The van der Waals surface area contributed by atoms with Gasteiger partial charge in [-0.15, -0.1) is 0 Å². The molecule has 6 heteroatoms. The van der Waals surface area contributed by atoms with Crippen molar-refractivity contribution < 1.29 is 14.7 Å². The lowest BCUT2D eigenvalue weighted by Crippen LogP contribution is -2.37. The third-order valence-electron chi connectivity index (χ3n) is 3.23. The van der Waals surface area contributed by atoms with Gasteiger partial charge in [-0.3, -0.25) is 9.59 Å². The molecule has 0 radical (unpaired) electrons. The molecular weight excluding hydrogens is 276 g/mol. The van der Waals surface area contributed by atoms with Crippen molar-refractivity contribution in [3.63, 3.8) is 0 Å². The SMILES string of the molecule is CCC(C)C(O)CNC(=O)CCNC(=O)c1ccsc1. The van der Waals surface area contributed by atoms with Crippen molar-refractivity contribution in [1.29, 1.82) is 0 Å². The number of aliphatic hydroxyl groups excluding tert-OH is 1. The maximum atomic E-state index is 11.6. The van der Waals surface area contributed by atoms with Crippen LogP contribution in [0.5, 0.6) is 0 Å². The first-order chi connectivity index (χ1) is 9.54. The summed E-state index contributed by atoms with van der Waals surface area (Å²) in [6.45, 7) is 4.49. The molecule has 0 aliphatic carbocycles. The van der Waals surface area contributed by atoms with Crippen molar-refractivity contribution in [3.05, 3.63) is 22.4 Å². The lowest BCUT2D eigenvalue weighted by atomic mass is 10.0. The summed E-state index contributed by atoms with van der Waals surface area (Å²) in [6.07, 6.45) is 0.556. The molecule has 1 heterocycles. The first-order valence-corrected chi connectivity index (χ1v) is 7.74. The van der Waals surface area contributed by atoms with Crippen LogP contribution in [0.25, 0.3) is 0 Å². The van der Waals surface area contributed by atoms with Crippen molar-refractivity contribution in [2.75, 3.05) is 13.1 Å². The molecule has 1 aromatic rings. The third kappa shape index (κ3) is 5.71. The smallest absolute Gasteiger partial charge is 0.252 e. The molecule has 0 fully saturated rings. The quantitative estimate of drug-likeness (QED) is 0.678. The van der Waals surface area contributed by atoms with Crippen LogP contribution in [0.2, 0.25) is 0 Å². The summed E-state index contributed by atoms with van der Waals surface area (Å²) in [5, 5.41) is 18.7. The van der Waals surface area contributed by atoms with Crippen LogP contribution < -0.4 is 10.6 Å². The minimum atomic E-state index is -0.524. The highest BCUT2D eigenvalue weighted by atomic mass is 32.1. The van der Waals surface area contributed by atoms with Crippen LogP contribution >= 0.6 is 11.3 Å². The molecule has 1 rings (SSSR count). The van der Waals surface area contributed by atoms with Crippen LogP contribution in [0.1, 0.15) is 37.0 Å². The Morgan fingerprint density at radius 1 is 1.40 bits per heavy atom. The van der Waals surface area contributed by atoms with E-state index in [2.05, 4.69) is 10.6 Å². The van der Waals surface area contributed by atoms with E-state index in [9.17, 15) is 14.7 Å². The maximum Gasteiger partial charge on any atom is 0.252 e. The van der Waals surface area contributed by atoms with Gasteiger partial charge in [0, 0.05) is 30.5 Å². The molecule has 2 amide bonds. The van der Waals surface area contributed by atoms with Crippen molar-refractivity contribution in [3.8, 4) is 0 Å². The van der Waals surface area contributed by atoms with Crippen LogP contribution in [0.3, 0.4) is 0 Å². The van der Waals surface area contributed by atoms with Gasteiger partial charge in [-0.2, -0.15) is 11.3 Å². The molecule has 5 nitrogen and oxygen atoms in total. The Balaban J connectivity index is 2.16. The number of amides is 2. The molecule has 2 atom stereocenters. The molecule has 112 valence electrons. The minimum absolute atomic E-state index is 0.161. The summed E-state index contributed by atoms with van der Waals surface area (Å²) in [5.74, 6) is -0.176. The summed E-state index contributed by atoms with van der Waals surface area (Å²) >= 11 is 1.46. The topological polar surface area (TPSA) is 78.4 Å². The summed E-state index contributed by atoms with van der Waals surface area (Å²) in [4.78, 5) is 23.2. The number of carbonyl (C=O) groups is 2. The van der Waals surface area contributed by atoms with Gasteiger partial charge < -0.3 is 15.7 Å². The molecule has 20 heavy (non-hydrogen) atoms. The molecule has 0 saturated carbocycles. The molecule has 3 N–H and O–H groups in total. The predicted molar refractivity (Wildman–Crippen MR) is 79.7 cm³/mol. The van der Waals surface area contributed by atoms with E-state index in [0.29, 0.717) is 12.1 Å². The van der Waals surface area contributed by atoms with Crippen LogP contribution in [0, 0.1) is 5.92 Å². The largest absolute Gasteiger partial charge is 0.391 e. The van der Waals surface area contributed by atoms with Gasteiger partial charge in [0.05, 0.1) is 6.10 Å². The summed E-state index contributed by atoms with van der Waals surface area (Å²) < 4.78 is 0. The van der Waals surface area contributed by atoms with Crippen molar-refractivity contribution in [2.45, 2.75) is 32.8 Å². The Kier molecular flexibility index (Phi) is 7.25. The van der Waals surface area contributed by atoms with E-state index in [4.69, 9.17) is 0 Å². The zero-order valence-corrected chi connectivity index (χ0v) is 12.7. The van der Waals surface area contributed by atoms with Crippen molar-refractivity contribution in [1.82, 2.24) is 10.6 Å². The Morgan fingerprint density at radius 3 is 2.75 bits per heavy atom. The zero-order chi connectivity index (χ0) is 15.0. The van der Waals surface area contributed by atoms with Gasteiger partial charge in [0.15, 0.2) is 0 Å². The predicted octanol–water partition coefficient (Wildman–Crippen LogP) is 1.39. The van der Waals surface area contributed by atoms with Crippen molar-refractivity contribution >= 4 is 23.2 Å². The van der Waals surface area contributed by atoms with Crippen LogP contribution in [0.15, 0.2) is 16.8 Å². The van der Waals surface area contributed by atoms with Crippen LogP contribution in [-0.4, -0.2) is 36.1 Å². The highest BCUT2D eigenvalue weighted by Crippen LogP contribution is 2.06. The first-order valence-electron chi connectivity index (χ1n) is 6.79. The van der Waals surface area contributed by atoms with Gasteiger partial charge in [-0.25, -0.2) is 0 Å². The highest BCUT2D eigenvalue weighted by molar-refractivity contribution is 7.08. The second-order valence-corrected chi connectivity index (χ2v) is 5.55. The average Bonchev–Trinajstić information content (AvgIpc) is 2.97. The molecular formula is C14H22N2O3S. The van der Waals surface area contributed by atoms with Gasteiger partial charge in [-0.05, 0) is 17.4 Å². The molecule has 0 aliphatic rings. The molecule has 2 unspecified atom stereocenters. The van der Waals surface area contributed by atoms with Crippen LogP contribution in [0.4, 0.5) is 0 Å². The number of aliphatic hydroxyl groups is 1. The fourth-order valence-electron chi connectivity index (χ4n) is 1.57. The van der Waals surface area contributed by atoms with E-state index in [0.717, 1.165) is 6.42 Å².